The molecule has 0 spiro atoms. The number of halogens is 2. The molecule has 0 amide bonds. The third-order valence-electron chi connectivity index (χ3n) is 2.12. The summed E-state index contributed by atoms with van der Waals surface area (Å²) in [5, 5.41) is 0. The maximum absolute atomic E-state index is 13.2. The average molecular weight is 222 g/mol. The molecular formula is C11H8F2N2O. The number of imidazole rings is 1. The number of hydrogen-bond donors (Lipinski definition) is 1. The van der Waals surface area contributed by atoms with E-state index in [9.17, 15) is 13.6 Å². The normalized spacial score (nSPS) is 10.4. The van der Waals surface area contributed by atoms with Crippen molar-refractivity contribution in [3.8, 4) is 0 Å². The first-order valence-corrected chi connectivity index (χ1v) is 4.63. The summed E-state index contributed by atoms with van der Waals surface area (Å²) in [5.74, 6) is -1.40. The molecular weight excluding hydrogens is 214 g/mol. The van der Waals surface area contributed by atoms with Crippen molar-refractivity contribution in [2.75, 3.05) is 0 Å². The molecule has 0 aliphatic rings. The van der Waals surface area contributed by atoms with Gasteiger partial charge in [0.15, 0.2) is 5.82 Å². The highest BCUT2D eigenvalue weighted by molar-refractivity contribution is 5.94. The highest BCUT2D eigenvalue weighted by Gasteiger charge is 2.12. The summed E-state index contributed by atoms with van der Waals surface area (Å²) in [6.45, 7) is 0. The van der Waals surface area contributed by atoms with Crippen molar-refractivity contribution < 1.29 is 13.6 Å². The number of nitrogens with one attached hydrogen (secondary N) is 1. The summed E-state index contributed by atoms with van der Waals surface area (Å²) >= 11 is 0. The number of Topliss-reactive ketones (excluding diaryl/α,β-unsaturated/α-hetero) is 1. The molecule has 3 nitrogen and oxygen atoms in total. The van der Waals surface area contributed by atoms with Crippen molar-refractivity contribution in [3.05, 3.63) is 53.6 Å². The van der Waals surface area contributed by atoms with Crippen LogP contribution >= 0.6 is 0 Å². The summed E-state index contributed by atoms with van der Waals surface area (Å²) in [6, 6.07) is 3.02. The van der Waals surface area contributed by atoms with Crippen LogP contribution in [0.4, 0.5) is 8.78 Å². The number of carbonyl (C=O) groups excluding carboxylic acids is 1. The fraction of sp³-hybridized carbons (Fsp3) is 0.0909. The molecule has 5 heteroatoms. The SMILES string of the molecule is O=C(Cc1cc(F)ccc1F)c1ncc[nH]1. The van der Waals surface area contributed by atoms with Crippen LogP contribution in [0.15, 0.2) is 30.6 Å². The van der Waals surface area contributed by atoms with Gasteiger partial charge in [-0.05, 0) is 23.8 Å². The minimum Gasteiger partial charge on any atom is -0.342 e. The zero-order valence-corrected chi connectivity index (χ0v) is 8.21. The van der Waals surface area contributed by atoms with Gasteiger partial charge in [0.05, 0.1) is 0 Å². The fourth-order valence-electron chi connectivity index (χ4n) is 1.35. The van der Waals surface area contributed by atoms with Crippen LogP contribution in [-0.2, 0) is 6.42 Å². The lowest BCUT2D eigenvalue weighted by Crippen LogP contribution is -2.07. The van der Waals surface area contributed by atoms with E-state index in [0.717, 1.165) is 18.2 Å². The Labute approximate surface area is 90.1 Å². The lowest BCUT2D eigenvalue weighted by molar-refractivity contribution is 0.0983. The van der Waals surface area contributed by atoms with Gasteiger partial charge in [-0.2, -0.15) is 0 Å². The Morgan fingerprint density at radius 3 is 2.88 bits per heavy atom. The van der Waals surface area contributed by atoms with Crippen LogP contribution in [0.25, 0.3) is 0 Å². The second-order valence-electron chi connectivity index (χ2n) is 3.27. The average Bonchev–Trinajstić information content (AvgIpc) is 2.76. The highest BCUT2D eigenvalue weighted by atomic mass is 19.1. The molecule has 0 aliphatic heterocycles. The predicted octanol–water partition coefficient (Wildman–Crippen LogP) is 2.11. The Hall–Kier alpha value is -2.04. The zero-order chi connectivity index (χ0) is 11.5. The number of rotatable bonds is 3. The van der Waals surface area contributed by atoms with Gasteiger partial charge >= 0.3 is 0 Å². The lowest BCUT2D eigenvalue weighted by atomic mass is 10.1. The number of carbonyl (C=O) groups is 1. The third-order valence-corrected chi connectivity index (χ3v) is 2.12. The molecule has 0 atom stereocenters. The molecule has 1 heterocycles. The first kappa shape index (κ1) is 10.5. The molecule has 1 aromatic heterocycles. The largest absolute Gasteiger partial charge is 0.342 e. The molecule has 1 N–H and O–H groups in total. The van der Waals surface area contributed by atoms with Gasteiger partial charge < -0.3 is 4.98 Å². The second kappa shape index (κ2) is 4.22. The van der Waals surface area contributed by atoms with Crippen LogP contribution in [0, 0.1) is 11.6 Å². The molecule has 0 aliphatic carbocycles. The van der Waals surface area contributed by atoms with Crippen molar-refractivity contribution in [2.24, 2.45) is 0 Å². The van der Waals surface area contributed by atoms with Gasteiger partial charge in [0, 0.05) is 18.8 Å². The van der Waals surface area contributed by atoms with E-state index in [1.807, 2.05) is 0 Å². The van der Waals surface area contributed by atoms with Gasteiger partial charge in [-0.25, -0.2) is 13.8 Å². The number of H-pyrrole nitrogens is 1. The van der Waals surface area contributed by atoms with Gasteiger partial charge in [0.25, 0.3) is 0 Å². The summed E-state index contributed by atoms with van der Waals surface area (Å²) in [4.78, 5) is 17.9. The lowest BCUT2D eigenvalue weighted by Gasteiger charge is -2.01. The Kier molecular flexibility index (Phi) is 2.76. The highest BCUT2D eigenvalue weighted by Crippen LogP contribution is 2.11. The van der Waals surface area contributed by atoms with Crippen LogP contribution < -0.4 is 0 Å². The van der Waals surface area contributed by atoms with E-state index < -0.39 is 11.6 Å². The molecule has 16 heavy (non-hydrogen) atoms. The Morgan fingerprint density at radius 1 is 1.38 bits per heavy atom. The molecule has 0 radical (unpaired) electrons. The number of nitrogens with zero attached hydrogens (tertiary/aromatic N) is 1. The Bertz CT molecular complexity index is 509. The molecule has 0 unspecified atom stereocenters. The third kappa shape index (κ3) is 2.13. The van der Waals surface area contributed by atoms with Crippen molar-refractivity contribution in [1.29, 1.82) is 0 Å². The van der Waals surface area contributed by atoms with Crippen molar-refractivity contribution in [1.82, 2.24) is 9.97 Å². The van der Waals surface area contributed by atoms with Gasteiger partial charge in [-0.15, -0.1) is 0 Å². The second-order valence-corrected chi connectivity index (χ2v) is 3.27. The van der Waals surface area contributed by atoms with Crippen LogP contribution in [0.1, 0.15) is 16.2 Å². The van der Waals surface area contributed by atoms with Gasteiger partial charge in [-0.3, -0.25) is 4.79 Å². The summed E-state index contributed by atoms with van der Waals surface area (Å²) in [6.07, 6.45) is 2.71. The van der Waals surface area contributed by atoms with E-state index in [-0.39, 0.29) is 23.6 Å². The molecule has 0 saturated carbocycles. The Morgan fingerprint density at radius 2 is 2.19 bits per heavy atom. The van der Waals surface area contributed by atoms with E-state index >= 15 is 0 Å². The van der Waals surface area contributed by atoms with Crippen LogP contribution in [0.5, 0.6) is 0 Å². The summed E-state index contributed by atoms with van der Waals surface area (Å²) in [7, 11) is 0. The van der Waals surface area contributed by atoms with Crippen molar-refractivity contribution in [2.45, 2.75) is 6.42 Å². The van der Waals surface area contributed by atoms with E-state index in [1.165, 1.54) is 12.4 Å². The topological polar surface area (TPSA) is 45.8 Å². The maximum Gasteiger partial charge on any atom is 0.202 e. The van der Waals surface area contributed by atoms with E-state index in [1.54, 1.807) is 0 Å². The minimum atomic E-state index is -0.596. The zero-order valence-electron chi connectivity index (χ0n) is 8.21. The maximum atomic E-state index is 13.2. The minimum absolute atomic E-state index is 0.0291. The number of benzene rings is 1. The summed E-state index contributed by atoms with van der Waals surface area (Å²) in [5.41, 5.74) is 0.0291. The molecule has 82 valence electrons. The van der Waals surface area contributed by atoms with Gasteiger partial charge in [-0.1, -0.05) is 0 Å². The molecule has 0 fully saturated rings. The van der Waals surface area contributed by atoms with Gasteiger partial charge in [0.1, 0.15) is 11.6 Å². The number of aromatic nitrogens is 2. The van der Waals surface area contributed by atoms with Gasteiger partial charge in [0.2, 0.25) is 5.78 Å². The van der Waals surface area contributed by atoms with E-state index in [0.29, 0.717) is 0 Å². The molecule has 2 aromatic rings. The van der Waals surface area contributed by atoms with E-state index in [4.69, 9.17) is 0 Å². The number of ketones is 1. The van der Waals surface area contributed by atoms with Crippen LogP contribution in [0.3, 0.4) is 0 Å². The fourth-order valence-corrected chi connectivity index (χ4v) is 1.35. The van der Waals surface area contributed by atoms with Crippen molar-refractivity contribution in [3.63, 3.8) is 0 Å². The van der Waals surface area contributed by atoms with Crippen molar-refractivity contribution >= 4 is 5.78 Å². The van der Waals surface area contributed by atoms with Crippen LogP contribution in [-0.4, -0.2) is 15.8 Å². The molecule has 2 rings (SSSR count). The summed E-state index contributed by atoms with van der Waals surface area (Å²) < 4.78 is 26.1. The standard InChI is InChI=1S/C11H8F2N2O/c12-8-1-2-9(13)7(5-8)6-10(16)11-14-3-4-15-11/h1-5H,6H2,(H,14,15). The smallest absolute Gasteiger partial charge is 0.202 e. The molecule has 0 bridgehead atoms. The first-order chi connectivity index (χ1) is 7.66. The predicted molar refractivity (Wildman–Crippen MR) is 53.0 cm³/mol. The van der Waals surface area contributed by atoms with Crippen LogP contribution in [0.2, 0.25) is 0 Å². The monoisotopic (exact) mass is 222 g/mol. The Balaban J connectivity index is 2.21. The molecule has 0 saturated heterocycles. The molecule has 1 aromatic carbocycles. The van der Waals surface area contributed by atoms with E-state index in [2.05, 4.69) is 9.97 Å². The quantitative estimate of drug-likeness (QED) is 0.808. The number of aromatic amines is 1. The first-order valence-electron chi connectivity index (χ1n) is 4.63. The number of hydrogen-bond acceptors (Lipinski definition) is 2.